The molecule has 0 bridgehead atoms. The monoisotopic (exact) mass is 182 g/mol. The van der Waals surface area contributed by atoms with E-state index < -0.39 is 0 Å². The maximum absolute atomic E-state index is 10.9. The Labute approximate surface area is 80.0 Å². The zero-order valence-electron chi connectivity index (χ0n) is 8.72. The molecule has 2 nitrogen and oxygen atoms in total. The van der Waals surface area contributed by atoms with E-state index in [9.17, 15) is 4.79 Å². The van der Waals surface area contributed by atoms with Gasteiger partial charge in [0.25, 0.3) is 0 Å². The maximum Gasteiger partial charge on any atom is 0.303 e. The highest BCUT2D eigenvalue weighted by atomic mass is 16.6. The van der Waals surface area contributed by atoms with Crippen LogP contribution in [0.2, 0.25) is 0 Å². The van der Waals surface area contributed by atoms with Crippen molar-refractivity contribution >= 4 is 5.97 Å². The highest BCUT2D eigenvalue weighted by Gasteiger charge is 2.34. The van der Waals surface area contributed by atoms with Crippen molar-refractivity contribution in [1.82, 2.24) is 0 Å². The quantitative estimate of drug-likeness (QED) is 0.485. The molecular formula is C11H18O2. The predicted molar refractivity (Wildman–Crippen MR) is 52.4 cm³/mol. The summed E-state index contributed by atoms with van der Waals surface area (Å²) in [6.45, 7) is 5.58. The zero-order valence-corrected chi connectivity index (χ0v) is 8.72. The van der Waals surface area contributed by atoms with Gasteiger partial charge < -0.3 is 4.74 Å². The molecule has 1 aliphatic carbocycles. The Morgan fingerprint density at radius 2 is 1.77 bits per heavy atom. The van der Waals surface area contributed by atoms with Crippen LogP contribution in [-0.4, -0.2) is 11.6 Å². The van der Waals surface area contributed by atoms with Gasteiger partial charge in [0.2, 0.25) is 0 Å². The minimum Gasteiger partial charge on any atom is -0.455 e. The summed E-state index contributed by atoms with van der Waals surface area (Å²) in [4.78, 5) is 10.9. The lowest BCUT2D eigenvalue weighted by Crippen LogP contribution is -2.28. The highest BCUT2D eigenvalue weighted by Crippen LogP contribution is 2.35. The van der Waals surface area contributed by atoms with Crippen molar-refractivity contribution in [3.05, 3.63) is 11.6 Å². The number of hydrogen-bond acceptors (Lipinski definition) is 2. The molecular weight excluding hydrogens is 164 g/mol. The Morgan fingerprint density at radius 1 is 1.23 bits per heavy atom. The van der Waals surface area contributed by atoms with Gasteiger partial charge in [-0.05, 0) is 45.6 Å². The van der Waals surface area contributed by atoms with Gasteiger partial charge in [-0.15, -0.1) is 0 Å². The van der Waals surface area contributed by atoms with Crippen molar-refractivity contribution in [2.75, 3.05) is 0 Å². The Kier molecular flexibility index (Phi) is 3.12. The molecule has 0 aromatic heterocycles. The van der Waals surface area contributed by atoms with E-state index in [-0.39, 0.29) is 11.6 Å². The second-order valence-corrected chi connectivity index (χ2v) is 4.09. The molecule has 0 amide bonds. The van der Waals surface area contributed by atoms with E-state index in [1.165, 1.54) is 12.5 Å². The molecule has 74 valence electrons. The second kappa shape index (κ2) is 3.95. The molecule has 0 aliphatic heterocycles. The summed E-state index contributed by atoms with van der Waals surface area (Å²) in [6.07, 6.45) is 6.39. The van der Waals surface area contributed by atoms with Gasteiger partial charge >= 0.3 is 5.97 Å². The molecule has 1 fully saturated rings. The van der Waals surface area contributed by atoms with E-state index in [2.05, 4.69) is 6.08 Å². The Bertz CT molecular complexity index is 218. The van der Waals surface area contributed by atoms with Crippen LogP contribution in [0.25, 0.3) is 0 Å². The molecule has 0 saturated heterocycles. The largest absolute Gasteiger partial charge is 0.455 e. The van der Waals surface area contributed by atoms with E-state index in [0.717, 1.165) is 25.7 Å². The molecule has 0 radical (unpaired) electrons. The third kappa shape index (κ3) is 2.87. The Balaban J connectivity index is 2.75. The van der Waals surface area contributed by atoms with Crippen LogP contribution >= 0.6 is 0 Å². The number of allylic oxidation sites excluding steroid dienone is 1. The fraction of sp³-hybridized carbons (Fsp3) is 0.727. The normalized spacial score (nSPS) is 19.6. The summed E-state index contributed by atoms with van der Waals surface area (Å²) in [7, 11) is 0. The number of carbonyl (C=O) groups excluding carboxylic acids is 1. The van der Waals surface area contributed by atoms with E-state index in [0.29, 0.717) is 0 Å². The van der Waals surface area contributed by atoms with Crippen LogP contribution in [0, 0.1) is 0 Å². The zero-order chi connectivity index (χ0) is 9.90. The van der Waals surface area contributed by atoms with Crippen molar-refractivity contribution in [1.29, 1.82) is 0 Å². The fourth-order valence-electron chi connectivity index (χ4n) is 2.06. The first-order valence-electron chi connectivity index (χ1n) is 4.90. The topological polar surface area (TPSA) is 26.3 Å². The molecule has 0 spiro atoms. The molecule has 0 aromatic rings. The van der Waals surface area contributed by atoms with E-state index in [4.69, 9.17) is 4.74 Å². The maximum atomic E-state index is 10.9. The first kappa shape index (κ1) is 10.3. The minimum absolute atomic E-state index is 0.167. The van der Waals surface area contributed by atoms with Crippen molar-refractivity contribution in [3.63, 3.8) is 0 Å². The van der Waals surface area contributed by atoms with E-state index >= 15 is 0 Å². The van der Waals surface area contributed by atoms with E-state index in [1.807, 2.05) is 13.8 Å². The third-order valence-corrected chi connectivity index (χ3v) is 2.35. The van der Waals surface area contributed by atoms with Crippen LogP contribution in [0.4, 0.5) is 0 Å². The van der Waals surface area contributed by atoms with Crippen molar-refractivity contribution in [3.8, 4) is 0 Å². The van der Waals surface area contributed by atoms with Gasteiger partial charge in [-0.1, -0.05) is 5.57 Å². The molecule has 13 heavy (non-hydrogen) atoms. The lowest BCUT2D eigenvalue weighted by atomic mass is 9.99. The Hall–Kier alpha value is -0.790. The SMILES string of the molecule is CC(=O)OC1(C=C(C)C)CCCC1. The average Bonchev–Trinajstić information content (AvgIpc) is 2.33. The van der Waals surface area contributed by atoms with Crippen molar-refractivity contribution in [2.24, 2.45) is 0 Å². The summed E-state index contributed by atoms with van der Waals surface area (Å²) in [6, 6.07) is 0. The van der Waals surface area contributed by atoms with E-state index in [1.54, 1.807) is 0 Å². The van der Waals surface area contributed by atoms with Crippen LogP contribution in [0.15, 0.2) is 11.6 Å². The predicted octanol–water partition coefficient (Wildman–Crippen LogP) is 2.83. The van der Waals surface area contributed by atoms with Crippen LogP contribution in [0.1, 0.15) is 46.5 Å². The third-order valence-electron chi connectivity index (χ3n) is 2.35. The summed E-state index contributed by atoms with van der Waals surface area (Å²) in [5.74, 6) is -0.167. The average molecular weight is 182 g/mol. The minimum atomic E-state index is -0.273. The Morgan fingerprint density at radius 3 is 2.15 bits per heavy atom. The molecule has 1 aliphatic rings. The molecule has 1 rings (SSSR count). The summed E-state index contributed by atoms with van der Waals surface area (Å²) < 4.78 is 5.39. The number of ether oxygens (including phenoxy) is 1. The van der Waals surface area contributed by atoms with Crippen LogP contribution in [0.3, 0.4) is 0 Å². The van der Waals surface area contributed by atoms with Crippen LogP contribution < -0.4 is 0 Å². The number of esters is 1. The van der Waals surface area contributed by atoms with Gasteiger partial charge in [-0.25, -0.2) is 0 Å². The first-order valence-corrected chi connectivity index (χ1v) is 4.90. The number of hydrogen-bond donors (Lipinski definition) is 0. The first-order chi connectivity index (χ1) is 6.04. The van der Waals surface area contributed by atoms with Gasteiger partial charge in [-0.2, -0.15) is 0 Å². The molecule has 1 saturated carbocycles. The van der Waals surface area contributed by atoms with Crippen molar-refractivity contribution in [2.45, 2.75) is 52.1 Å². The summed E-state index contributed by atoms with van der Waals surface area (Å²) in [5.41, 5.74) is 0.952. The van der Waals surface area contributed by atoms with Gasteiger partial charge in [0.05, 0.1) is 0 Å². The highest BCUT2D eigenvalue weighted by molar-refractivity contribution is 5.67. The number of rotatable bonds is 2. The second-order valence-electron chi connectivity index (χ2n) is 4.09. The summed E-state index contributed by atoms with van der Waals surface area (Å²) >= 11 is 0. The van der Waals surface area contributed by atoms with Crippen LogP contribution in [0.5, 0.6) is 0 Å². The molecule has 0 N–H and O–H groups in total. The smallest absolute Gasteiger partial charge is 0.303 e. The van der Waals surface area contributed by atoms with Gasteiger partial charge in [0.1, 0.15) is 5.60 Å². The molecule has 0 heterocycles. The van der Waals surface area contributed by atoms with Crippen molar-refractivity contribution < 1.29 is 9.53 Å². The molecule has 0 aromatic carbocycles. The standard InChI is InChI=1S/C11H18O2/c1-9(2)8-11(13-10(3)12)6-4-5-7-11/h8H,4-7H2,1-3H3. The molecule has 2 heteroatoms. The lowest BCUT2D eigenvalue weighted by molar-refractivity contribution is -0.151. The summed E-state index contributed by atoms with van der Waals surface area (Å²) in [5, 5.41) is 0. The van der Waals surface area contributed by atoms with Gasteiger partial charge in [-0.3, -0.25) is 4.79 Å². The lowest BCUT2D eigenvalue weighted by Gasteiger charge is -2.25. The molecule has 0 atom stereocenters. The van der Waals surface area contributed by atoms with Crippen LogP contribution in [-0.2, 0) is 9.53 Å². The fourth-order valence-corrected chi connectivity index (χ4v) is 2.06. The van der Waals surface area contributed by atoms with Gasteiger partial charge in [0, 0.05) is 6.92 Å². The van der Waals surface area contributed by atoms with Gasteiger partial charge in [0.15, 0.2) is 0 Å². The molecule has 0 unspecified atom stereocenters. The number of carbonyl (C=O) groups is 1.